The molecule has 8 heteroatoms. The lowest BCUT2D eigenvalue weighted by atomic mass is 10.1. The topological polar surface area (TPSA) is 92.3 Å². The van der Waals surface area contributed by atoms with E-state index in [0.29, 0.717) is 18.7 Å². The average molecular weight is 467 g/mol. The van der Waals surface area contributed by atoms with Crippen LogP contribution in [0.5, 0.6) is 0 Å². The first kappa shape index (κ1) is 22.1. The summed E-state index contributed by atoms with van der Waals surface area (Å²) in [4.78, 5) is 23.7. The van der Waals surface area contributed by atoms with E-state index in [0.717, 1.165) is 10.0 Å². The molecule has 0 bridgehead atoms. The van der Waals surface area contributed by atoms with Crippen molar-refractivity contribution in [2.24, 2.45) is 0 Å². The molecule has 0 heterocycles. The van der Waals surface area contributed by atoms with Gasteiger partial charge in [0.05, 0.1) is 4.90 Å². The lowest BCUT2D eigenvalue weighted by molar-refractivity contribution is -0.122. The van der Waals surface area contributed by atoms with Crippen LogP contribution in [0.15, 0.2) is 57.9 Å². The first-order valence-electron chi connectivity index (χ1n) is 8.69. The van der Waals surface area contributed by atoms with E-state index >= 15 is 0 Å². The zero-order valence-corrected chi connectivity index (χ0v) is 18.4. The molecule has 150 valence electrons. The van der Waals surface area contributed by atoms with Crippen LogP contribution in [-0.2, 0) is 25.8 Å². The van der Waals surface area contributed by atoms with Gasteiger partial charge in [-0.15, -0.1) is 0 Å². The van der Waals surface area contributed by atoms with Crippen LogP contribution in [0, 0.1) is 0 Å². The van der Waals surface area contributed by atoms with Gasteiger partial charge in [-0.05, 0) is 62.2 Å². The quantitative estimate of drug-likeness (QED) is 0.654. The number of anilines is 1. The summed E-state index contributed by atoms with van der Waals surface area (Å²) in [6.45, 7) is 4.55. The van der Waals surface area contributed by atoms with Gasteiger partial charge < -0.3 is 10.6 Å². The predicted molar refractivity (Wildman–Crippen MR) is 113 cm³/mol. The van der Waals surface area contributed by atoms with Gasteiger partial charge in [0.15, 0.2) is 9.84 Å². The van der Waals surface area contributed by atoms with Crippen molar-refractivity contribution in [3.05, 3.63) is 58.6 Å². The zero-order chi connectivity index (χ0) is 20.9. The molecule has 2 rings (SSSR count). The Morgan fingerprint density at radius 3 is 2.11 bits per heavy atom. The Kier molecular flexibility index (Phi) is 7.01. The largest absolute Gasteiger partial charge is 0.354 e. The lowest BCUT2D eigenvalue weighted by Crippen LogP contribution is -2.48. The normalized spacial score (nSPS) is 11.7. The van der Waals surface area contributed by atoms with Crippen molar-refractivity contribution in [1.29, 1.82) is 0 Å². The molecule has 2 N–H and O–H groups in total. The van der Waals surface area contributed by atoms with Crippen LogP contribution >= 0.6 is 15.9 Å². The molecule has 0 fully saturated rings. The summed E-state index contributed by atoms with van der Waals surface area (Å²) >= 11 is 3.27. The second-order valence-electron chi connectivity index (χ2n) is 6.85. The molecule has 6 nitrogen and oxygen atoms in total. The third kappa shape index (κ3) is 5.20. The highest BCUT2D eigenvalue weighted by atomic mass is 79.9. The van der Waals surface area contributed by atoms with Gasteiger partial charge in [0.2, 0.25) is 11.8 Å². The van der Waals surface area contributed by atoms with Gasteiger partial charge in [0, 0.05) is 23.6 Å². The zero-order valence-electron chi connectivity index (χ0n) is 16.0. The highest BCUT2D eigenvalue weighted by Gasteiger charge is 2.42. The highest BCUT2D eigenvalue weighted by Crippen LogP contribution is 2.26. The molecule has 0 saturated carbocycles. The van der Waals surface area contributed by atoms with E-state index < -0.39 is 20.5 Å². The number of hydrogen-bond acceptors (Lipinski definition) is 4. The minimum atomic E-state index is -3.84. The van der Waals surface area contributed by atoms with Gasteiger partial charge in [0.1, 0.15) is 4.75 Å². The molecule has 0 spiro atoms. The molecule has 0 aliphatic heterocycles. The van der Waals surface area contributed by atoms with Crippen LogP contribution in [0.4, 0.5) is 5.69 Å². The summed E-state index contributed by atoms with van der Waals surface area (Å²) in [7, 11) is -3.84. The molecule has 0 unspecified atom stereocenters. The maximum atomic E-state index is 12.9. The molecule has 0 radical (unpaired) electrons. The summed E-state index contributed by atoms with van der Waals surface area (Å²) in [5.41, 5.74) is 1.66. The second kappa shape index (κ2) is 8.87. The first-order chi connectivity index (χ1) is 13.0. The van der Waals surface area contributed by atoms with E-state index in [1.165, 1.54) is 32.9 Å². The van der Waals surface area contributed by atoms with Gasteiger partial charge in [-0.1, -0.05) is 28.1 Å². The first-order valence-corrected chi connectivity index (χ1v) is 11.0. The standard InChI is InChI=1S/C20H23BrN2O4S/c1-14(24)23-17-8-4-15(5-9-17)12-13-22-19(25)20(2,3)28(26,27)18-10-6-16(21)7-11-18/h4-11H,12-13H2,1-3H3,(H,22,25)(H,23,24). The van der Waals surface area contributed by atoms with Crippen LogP contribution < -0.4 is 10.6 Å². The number of amides is 2. The molecule has 28 heavy (non-hydrogen) atoms. The predicted octanol–water partition coefficient (Wildman–Crippen LogP) is 3.32. The molecule has 0 aromatic heterocycles. The number of sulfone groups is 1. The third-order valence-electron chi connectivity index (χ3n) is 4.32. The Labute approximate surface area is 173 Å². The van der Waals surface area contributed by atoms with Crippen molar-refractivity contribution < 1.29 is 18.0 Å². The van der Waals surface area contributed by atoms with Crippen molar-refractivity contribution in [3.8, 4) is 0 Å². The fourth-order valence-corrected chi connectivity index (χ4v) is 4.19. The minimum Gasteiger partial charge on any atom is -0.354 e. The van der Waals surface area contributed by atoms with Crippen molar-refractivity contribution in [1.82, 2.24) is 5.32 Å². The Bertz CT molecular complexity index is 953. The summed E-state index contributed by atoms with van der Waals surface area (Å²) < 4.78 is 24.9. The molecular formula is C20H23BrN2O4S. The molecule has 0 aliphatic carbocycles. The summed E-state index contributed by atoms with van der Waals surface area (Å²) in [5, 5.41) is 5.39. The van der Waals surface area contributed by atoms with Gasteiger partial charge in [0.25, 0.3) is 0 Å². The van der Waals surface area contributed by atoms with E-state index in [2.05, 4.69) is 26.6 Å². The van der Waals surface area contributed by atoms with Crippen LogP contribution in [0.3, 0.4) is 0 Å². The molecule has 0 aliphatic rings. The lowest BCUT2D eigenvalue weighted by Gasteiger charge is -2.24. The average Bonchev–Trinajstić information content (AvgIpc) is 2.62. The molecule has 2 aromatic rings. The van der Waals surface area contributed by atoms with Gasteiger partial charge in [-0.25, -0.2) is 8.42 Å². The highest BCUT2D eigenvalue weighted by molar-refractivity contribution is 9.10. The van der Waals surface area contributed by atoms with E-state index in [-0.39, 0.29) is 10.8 Å². The molecule has 2 amide bonds. The third-order valence-corrected chi connectivity index (χ3v) is 7.27. The van der Waals surface area contributed by atoms with E-state index in [4.69, 9.17) is 0 Å². The van der Waals surface area contributed by atoms with Crippen LogP contribution in [0.1, 0.15) is 26.3 Å². The van der Waals surface area contributed by atoms with E-state index in [1.54, 1.807) is 24.3 Å². The molecular weight excluding hydrogens is 444 g/mol. The molecule has 0 atom stereocenters. The van der Waals surface area contributed by atoms with E-state index in [9.17, 15) is 18.0 Å². The number of benzene rings is 2. The fraction of sp³-hybridized carbons (Fsp3) is 0.300. The van der Waals surface area contributed by atoms with Crippen molar-refractivity contribution in [2.75, 3.05) is 11.9 Å². The number of carbonyl (C=O) groups is 2. The van der Waals surface area contributed by atoms with E-state index in [1.807, 2.05) is 12.1 Å². The molecule has 2 aromatic carbocycles. The van der Waals surface area contributed by atoms with Gasteiger partial charge >= 0.3 is 0 Å². The summed E-state index contributed by atoms with van der Waals surface area (Å²) in [6.07, 6.45) is 0.542. The Morgan fingerprint density at radius 1 is 1.00 bits per heavy atom. The minimum absolute atomic E-state index is 0.101. The maximum Gasteiger partial charge on any atom is 0.241 e. The number of hydrogen-bond donors (Lipinski definition) is 2. The monoisotopic (exact) mass is 466 g/mol. The fourth-order valence-electron chi connectivity index (χ4n) is 2.52. The van der Waals surface area contributed by atoms with Crippen LogP contribution in [-0.4, -0.2) is 31.5 Å². The summed E-state index contributed by atoms with van der Waals surface area (Å²) in [5.74, 6) is -0.695. The SMILES string of the molecule is CC(=O)Nc1ccc(CCNC(=O)C(C)(C)S(=O)(=O)c2ccc(Br)cc2)cc1. The smallest absolute Gasteiger partial charge is 0.241 e. The second-order valence-corrected chi connectivity index (χ2v) is 10.3. The van der Waals surface area contributed by atoms with Crippen LogP contribution in [0.25, 0.3) is 0 Å². The van der Waals surface area contributed by atoms with Crippen molar-refractivity contribution >= 4 is 43.3 Å². The Hall–Kier alpha value is -2.19. The number of carbonyl (C=O) groups excluding carboxylic acids is 2. The van der Waals surface area contributed by atoms with Crippen molar-refractivity contribution in [2.45, 2.75) is 36.8 Å². The Morgan fingerprint density at radius 2 is 1.57 bits per heavy atom. The number of rotatable bonds is 7. The van der Waals surface area contributed by atoms with Gasteiger partial charge in [-0.3, -0.25) is 9.59 Å². The molecule has 0 saturated heterocycles. The number of nitrogens with one attached hydrogen (secondary N) is 2. The Balaban J connectivity index is 1.99. The maximum absolute atomic E-state index is 12.9. The number of halogens is 1. The summed E-state index contributed by atoms with van der Waals surface area (Å²) in [6, 6.07) is 13.5. The van der Waals surface area contributed by atoms with Gasteiger partial charge in [-0.2, -0.15) is 0 Å². The van der Waals surface area contributed by atoms with Crippen molar-refractivity contribution in [3.63, 3.8) is 0 Å². The van der Waals surface area contributed by atoms with Crippen LogP contribution in [0.2, 0.25) is 0 Å².